The summed E-state index contributed by atoms with van der Waals surface area (Å²) in [5, 5.41) is 26.2. The van der Waals surface area contributed by atoms with E-state index in [1.807, 2.05) is 6.92 Å². The Kier molecular flexibility index (Phi) is 8.88. The Morgan fingerprint density at radius 1 is 1.22 bits per heavy atom. The van der Waals surface area contributed by atoms with Gasteiger partial charge in [0.05, 0.1) is 17.8 Å². The Balaban J connectivity index is 0.000000321. The van der Waals surface area contributed by atoms with Gasteiger partial charge < -0.3 is 15.3 Å². The van der Waals surface area contributed by atoms with Gasteiger partial charge in [-0.05, 0) is 31.9 Å². The van der Waals surface area contributed by atoms with Crippen LogP contribution in [0.25, 0.3) is 0 Å². The average Bonchev–Trinajstić information content (AvgIpc) is 2.30. The Morgan fingerprint density at radius 2 is 1.78 bits per heavy atom. The van der Waals surface area contributed by atoms with Gasteiger partial charge in [-0.1, -0.05) is 31.5 Å². The number of aromatic carboxylic acids is 1. The molecule has 0 heterocycles. The largest absolute Gasteiger partial charge is 0.478 e. The van der Waals surface area contributed by atoms with Crippen LogP contribution in [0.3, 0.4) is 0 Å². The van der Waals surface area contributed by atoms with Gasteiger partial charge in [-0.25, -0.2) is 4.79 Å². The molecule has 0 fully saturated rings. The number of aliphatic hydroxyl groups is 2. The summed E-state index contributed by atoms with van der Waals surface area (Å²) in [7, 11) is 0. The summed E-state index contributed by atoms with van der Waals surface area (Å²) in [5.74, 6) is -0.879. The zero-order chi connectivity index (χ0) is 14.0. The molecular weight excluding hydrogens is 232 g/mol. The van der Waals surface area contributed by atoms with E-state index in [0.717, 1.165) is 12.8 Å². The third kappa shape index (κ3) is 8.73. The molecule has 0 spiro atoms. The van der Waals surface area contributed by atoms with E-state index < -0.39 is 5.97 Å². The highest BCUT2D eigenvalue weighted by Crippen LogP contribution is 2.03. The van der Waals surface area contributed by atoms with Crippen molar-refractivity contribution in [1.82, 2.24) is 0 Å². The van der Waals surface area contributed by atoms with Crippen molar-refractivity contribution in [3.63, 3.8) is 0 Å². The number of rotatable bonds is 5. The van der Waals surface area contributed by atoms with Crippen molar-refractivity contribution in [1.29, 1.82) is 0 Å². The summed E-state index contributed by atoms with van der Waals surface area (Å²) in [5.41, 5.74) is 0.331. The molecule has 2 unspecified atom stereocenters. The lowest BCUT2D eigenvalue weighted by Gasteiger charge is -2.09. The molecule has 0 aliphatic heterocycles. The topological polar surface area (TPSA) is 77.8 Å². The molecule has 0 aliphatic carbocycles. The highest BCUT2D eigenvalue weighted by atomic mass is 16.4. The van der Waals surface area contributed by atoms with Crippen molar-refractivity contribution >= 4 is 5.97 Å². The monoisotopic (exact) mass is 254 g/mol. The first-order valence-corrected chi connectivity index (χ1v) is 6.11. The number of benzene rings is 1. The van der Waals surface area contributed by atoms with E-state index in [1.54, 1.807) is 37.3 Å². The maximum Gasteiger partial charge on any atom is 0.335 e. The van der Waals surface area contributed by atoms with E-state index in [0.29, 0.717) is 12.0 Å². The van der Waals surface area contributed by atoms with Crippen LogP contribution in [0.1, 0.15) is 43.5 Å². The fourth-order valence-corrected chi connectivity index (χ4v) is 1.43. The molecule has 0 saturated heterocycles. The molecule has 0 bridgehead atoms. The Labute approximate surface area is 108 Å². The molecule has 102 valence electrons. The van der Waals surface area contributed by atoms with E-state index in [4.69, 9.17) is 15.3 Å². The van der Waals surface area contributed by atoms with Crippen molar-refractivity contribution in [3.05, 3.63) is 35.9 Å². The molecule has 0 amide bonds. The standard InChI is InChI=1S/C7H6O2.C7H16O2/c8-7(9)6-4-2-1-3-5-6;1-3-4-7(9)5-6(2)8/h1-5H,(H,8,9);6-9H,3-5H2,1-2H3. The van der Waals surface area contributed by atoms with Gasteiger partial charge in [0, 0.05) is 0 Å². The van der Waals surface area contributed by atoms with Gasteiger partial charge in [-0.3, -0.25) is 0 Å². The van der Waals surface area contributed by atoms with Crippen LogP contribution in [0.4, 0.5) is 0 Å². The zero-order valence-corrected chi connectivity index (χ0v) is 10.9. The Bertz CT molecular complexity index is 322. The summed E-state index contributed by atoms with van der Waals surface area (Å²) in [6.07, 6.45) is 1.61. The third-order valence-corrected chi connectivity index (χ3v) is 2.26. The second-order valence-corrected chi connectivity index (χ2v) is 4.20. The fraction of sp³-hybridized carbons (Fsp3) is 0.500. The van der Waals surface area contributed by atoms with E-state index in [2.05, 4.69) is 0 Å². The summed E-state index contributed by atoms with van der Waals surface area (Å²) in [6, 6.07) is 8.30. The summed E-state index contributed by atoms with van der Waals surface area (Å²) in [6.45, 7) is 3.71. The van der Waals surface area contributed by atoms with Crippen LogP contribution in [0, 0.1) is 0 Å². The first kappa shape index (κ1) is 16.6. The van der Waals surface area contributed by atoms with E-state index >= 15 is 0 Å². The van der Waals surface area contributed by atoms with E-state index in [1.165, 1.54) is 0 Å². The summed E-state index contributed by atoms with van der Waals surface area (Å²) < 4.78 is 0. The fourth-order valence-electron chi connectivity index (χ4n) is 1.43. The number of carboxylic acids is 1. The quantitative estimate of drug-likeness (QED) is 0.753. The molecular formula is C14H22O4. The van der Waals surface area contributed by atoms with Crippen LogP contribution in [0.15, 0.2) is 30.3 Å². The van der Waals surface area contributed by atoms with Crippen molar-refractivity contribution in [2.45, 2.75) is 45.3 Å². The predicted octanol–water partition coefficient (Wildman–Crippen LogP) is 2.30. The van der Waals surface area contributed by atoms with Gasteiger partial charge in [0.2, 0.25) is 0 Å². The maximum atomic E-state index is 10.2. The highest BCUT2D eigenvalue weighted by Gasteiger charge is 2.05. The van der Waals surface area contributed by atoms with Gasteiger partial charge in [0.15, 0.2) is 0 Å². The zero-order valence-electron chi connectivity index (χ0n) is 10.9. The van der Waals surface area contributed by atoms with E-state index in [9.17, 15) is 4.79 Å². The highest BCUT2D eigenvalue weighted by molar-refractivity contribution is 5.87. The normalized spacial score (nSPS) is 13.1. The number of hydrogen-bond donors (Lipinski definition) is 3. The lowest BCUT2D eigenvalue weighted by atomic mass is 10.1. The van der Waals surface area contributed by atoms with Gasteiger partial charge in [0.25, 0.3) is 0 Å². The van der Waals surface area contributed by atoms with E-state index in [-0.39, 0.29) is 12.2 Å². The van der Waals surface area contributed by atoms with Gasteiger partial charge in [-0.2, -0.15) is 0 Å². The molecule has 2 atom stereocenters. The number of hydrogen-bond acceptors (Lipinski definition) is 3. The molecule has 1 aromatic carbocycles. The second-order valence-electron chi connectivity index (χ2n) is 4.20. The van der Waals surface area contributed by atoms with Crippen LogP contribution in [0.2, 0.25) is 0 Å². The molecule has 4 heteroatoms. The Morgan fingerprint density at radius 3 is 2.11 bits per heavy atom. The number of carbonyl (C=O) groups is 1. The van der Waals surface area contributed by atoms with Crippen LogP contribution in [-0.4, -0.2) is 33.5 Å². The predicted molar refractivity (Wildman–Crippen MR) is 70.6 cm³/mol. The third-order valence-electron chi connectivity index (χ3n) is 2.26. The molecule has 1 rings (SSSR count). The summed E-state index contributed by atoms with van der Waals surface area (Å²) >= 11 is 0. The molecule has 1 aromatic rings. The van der Waals surface area contributed by atoms with Crippen molar-refractivity contribution in [2.75, 3.05) is 0 Å². The first-order chi connectivity index (χ1) is 8.47. The van der Waals surface area contributed by atoms with Gasteiger partial charge in [0.1, 0.15) is 0 Å². The minimum absolute atomic E-state index is 0.310. The summed E-state index contributed by atoms with van der Waals surface area (Å²) in [4.78, 5) is 10.2. The van der Waals surface area contributed by atoms with Crippen molar-refractivity contribution in [2.24, 2.45) is 0 Å². The first-order valence-electron chi connectivity index (χ1n) is 6.11. The van der Waals surface area contributed by atoms with Crippen LogP contribution < -0.4 is 0 Å². The lowest BCUT2D eigenvalue weighted by Crippen LogP contribution is -2.13. The van der Waals surface area contributed by atoms with Crippen molar-refractivity contribution in [3.8, 4) is 0 Å². The Hall–Kier alpha value is -1.39. The smallest absolute Gasteiger partial charge is 0.335 e. The molecule has 0 aliphatic rings. The average molecular weight is 254 g/mol. The second kappa shape index (κ2) is 9.62. The van der Waals surface area contributed by atoms with Gasteiger partial charge >= 0.3 is 5.97 Å². The molecule has 18 heavy (non-hydrogen) atoms. The molecule has 0 radical (unpaired) electrons. The SMILES string of the molecule is CCCC(O)CC(C)O.O=C(O)c1ccccc1. The minimum Gasteiger partial charge on any atom is -0.478 e. The number of aliphatic hydroxyl groups excluding tert-OH is 2. The maximum absolute atomic E-state index is 10.2. The van der Waals surface area contributed by atoms with Crippen LogP contribution >= 0.6 is 0 Å². The molecule has 3 N–H and O–H groups in total. The molecule has 0 aromatic heterocycles. The van der Waals surface area contributed by atoms with Gasteiger partial charge in [-0.15, -0.1) is 0 Å². The molecule has 0 saturated carbocycles. The number of carboxylic acid groups (broad SMARTS) is 1. The van der Waals surface area contributed by atoms with Crippen LogP contribution in [0.5, 0.6) is 0 Å². The molecule has 4 nitrogen and oxygen atoms in total. The minimum atomic E-state index is -0.879. The van der Waals surface area contributed by atoms with Crippen molar-refractivity contribution < 1.29 is 20.1 Å². The van der Waals surface area contributed by atoms with Crippen LogP contribution in [-0.2, 0) is 0 Å². The lowest BCUT2D eigenvalue weighted by molar-refractivity contribution is 0.0696.